The van der Waals surface area contributed by atoms with Gasteiger partial charge in [0, 0.05) is 55.9 Å². The van der Waals surface area contributed by atoms with Crippen molar-refractivity contribution in [1.29, 1.82) is 0 Å². The van der Waals surface area contributed by atoms with E-state index in [4.69, 9.17) is 9.26 Å². The first-order valence-electron chi connectivity index (χ1n) is 12.5. The number of nitrogens with zero attached hydrogens (tertiary/aromatic N) is 3. The number of pyridine rings is 1. The summed E-state index contributed by atoms with van der Waals surface area (Å²) in [5.41, 5.74) is 4.37. The van der Waals surface area contributed by atoms with Crippen molar-refractivity contribution in [2.45, 2.75) is 45.1 Å². The summed E-state index contributed by atoms with van der Waals surface area (Å²) in [6.07, 6.45) is 8.51. The zero-order chi connectivity index (χ0) is 24.9. The van der Waals surface area contributed by atoms with Crippen LogP contribution >= 0.6 is 0 Å². The largest absolute Gasteiger partial charge is 0.381 e. The van der Waals surface area contributed by atoms with E-state index >= 15 is 0 Å². The Kier molecular flexibility index (Phi) is 7.27. The number of benzene rings is 1. The molecule has 0 aliphatic carbocycles. The summed E-state index contributed by atoms with van der Waals surface area (Å²) in [5, 5.41) is 10.1. The van der Waals surface area contributed by atoms with Crippen LogP contribution in [-0.4, -0.2) is 54.3 Å². The summed E-state index contributed by atoms with van der Waals surface area (Å²) < 4.78 is 10.7. The normalized spacial score (nSPS) is 16.5. The molecular formula is C27H31N5O4. The molecule has 1 aromatic carbocycles. The van der Waals surface area contributed by atoms with Crippen LogP contribution in [0.4, 0.5) is 11.4 Å². The van der Waals surface area contributed by atoms with Crippen molar-refractivity contribution in [3.8, 4) is 11.3 Å². The Hall–Kier alpha value is -3.72. The molecule has 2 N–H and O–H groups in total. The van der Waals surface area contributed by atoms with Crippen molar-refractivity contribution >= 4 is 23.2 Å². The molecule has 9 nitrogen and oxygen atoms in total. The number of rotatable bonds is 6. The van der Waals surface area contributed by atoms with Gasteiger partial charge in [-0.15, -0.1) is 0 Å². The molecule has 0 spiro atoms. The monoisotopic (exact) mass is 489 g/mol. The first-order valence-corrected chi connectivity index (χ1v) is 12.5. The molecule has 2 aliphatic heterocycles. The van der Waals surface area contributed by atoms with E-state index in [1.54, 1.807) is 12.3 Å². The van der Waals surface area contributed by atoms with Gasteiger partial charge in [-0.3, -0.25) is 14.6 Å². The fourth-order valence-electron chi connectivity index (χ4n) is 4.66. The van der Waals surface area contributed by atoms with Gasteiger partial charge in [0.15, 0.2) is 0 Å². The van der Waals surface area contributed by atoms with Gasteiger partial charge in [0.2, 0.25) is 5.76 Å². The predicted octanol–water partition coefficient (Wildman–Crippen LogP) is 4.20. The van der Waals surface area contributed by atoms with E-state index in [0.29, 0.717) is 30.2 Å². The van der Waals surface area contributed by atoms with Crippen LogP contribution in [-0.2, 0) is 4.74 Å². The Morgan fingerprint density at radius 3 is 2.61 bits per heavy atom. The molecule has 5 rings (SSSR count). The maximum absolute atomic E-state index is 13.0. The number of ether oxygens (including phenoxy) is 1. The number of hydrogen-bond acceptors (Lipinski definition) is 7. The van der Waals surface area contributed by atoms with Gasteiger partial charge in [-0.2, -0.15) is 0 Å². The topological polar surface area (TPSA) is 110 Å². The molecule has 2 aromatic heterocycles. The van der Waals surface area contributed by atoms with Crippen LogP contribution in [0.5, 0.6) is 0 Å². The van der Waals surface area contributed by atoms with Crippen molar-refractivity contribution < 1.29 is 18.8 Å². The lowest BCUT2D eigenvalue weighted by Gasteiger charge is -2.28. The minimum atomic E-state index is -0.288. The number of aromatic nitrogens is 2. The highest BCUT2D eigenvalue weighted by Gasteiger charge is 2.21. The van der Waals surface area contributed by atoms with Crippen molar-refractivity contribution in [1.82, 2.24) is 15.5 Å². The Morgan fingerprint density at radius 2 is 1.81 bits per heavy atom. The quantitative estimate of drug-likeness (QED) is 0.534. The fraction of sp³-hybridized carbons (Fsp3) is 0.407. The van der Waals surface area contributed by atoms with Gasteiger partial charge in [-0.1, -0.05) is 11.2 Å². The highest BCUT2D eigenvalue weighted by atomic mass is 16.5. The molecule has 0 bridgehead atoms. The minimum Gasteiger partial charge on any atom is -0.381 e. The van der Waals surface area contributed by atoms with Crippen LogP contribution in [0.1, 0.15) is 58.6 Å². The summed E-state index contributed by atoms with van der Waals surface area (Å²) in [4.78, 5) is 32.2. The van der Waals surface area contributed by atoms with Gasteiger partial charge in [0.1, 0.15) is 5.69 Å². The summed E-state index contributed by atoms with van der Waals surface area (Å²) in [5.74, 6) is -0.359. The lowest BCUT2D eigenvalue weighted by molar-refractivity contribution is 0.0679. The third kappa shape index (κ3) is 5.57. The van der Waals surface area contributed by atoms with Crippen LogP contribution < -0.4 is 15.5 Å². The first kappa shape index (κ1) is 24.0. The molecule has 0 saturated carbocycles. The summed E-state index contributed by atoms with van der Waals surface area (Å²) >= 11 is 0. The Bertz CT molecular complexity index is 1230. The van der Waals surface area contributed by atoms with Crippen LogP contribution in [0, 0.1) is 6.92 Å². The lowest BCUT2D eigenvalue weighted by Crippen LogP contribution is -2.38. The van der Waals surface area contributed by atoms with E-state index < -0.39 is 0 Å². The smallest absolute Gasteiger partial charge is 0.290 e. The number of carbonyl (C=O) groups is 2. The minimum absolute atomic E-state index is 0.0722. The maximum atomic E-state index is 13.0. The van der Waals surface area contributed by atoms with E-state index in [2.05, 4.69) is 25.7 Å². The number of hydrogen-bond donors (Lipinski definition) is 2. The van der Waals surface area contributed by atoms with Crippen molar-refractivity contribution in [3.63, 3.8) is 0 Å². The van der Waals surface area contributed by atoms with Gasteiger partial charge in [0.25, 0.3) is 11.8 Å². The first-order chi connectivity index (χ1) is 17.6. The van der Waals surface area contributed by atoms with Crippen LogP contribution in [0.15, 0.2) is 47.2 Å². The Labute approximate surface area is 210 Å². The van der Waals surface area contributed by atoms with E-state index in [1.165, 1.54) is 6.42 Å². The van der Waals surface area contributed by atoms with Crippen molar-refractivity contribution in [2.75, 3.05) is 36.5 Å². The number of piperidine rings is 1. The molecule has 0 atom stereocenters. The molecule has 188 valence electrons. The molecule has 0 radical (unpaired) electrons. The van der Waals surface area contributed by atoms with Gasteiger partial charge < -0.3 is 24.8 Å². The van der Waals surface area contributed by atoms with Crippen LogP contribution in [0.2, 0.25) is 0 Å². The standard InChI is InChI=1S/C27H31N5O4/c1-18-5-6-21(30-26(33)19-13-22(17-28-16-19)32-9-3-2-4-10-32)14-23(18)24-15-25(36-31-24)27(34)29-20-7-11-35-12-8-20/h5-6,13-17,20H,2-4,7-12H2,1H3,(H,29,34)(H,30,33). The average Bonchev–Trinajstić information content (AvgIpc) is 3.41. The number of amides is 2. The van der Waals surface area contributed by atoms with Gasteiger partial charge in [-0.05, 0) is 62.8 Å². The van der Waals surface area contributed by atoms with Gasteiger partial charge in [0.05, 0.1) is 17.4 Å². The molecule has 2 fully saturated rings. The lowest BCUT2D eigenvalue weighted by atomic mass is 10.0. The Morgan fingerprint density at radius 1 is 1.00 bits per heavy atom. The highest BCUT2D eigenvalue weighted by Crippen LogP contribution is 2.27. The third-order valence-corrected chi connectivity index (χ3v) is 6.77. The molecule has 2 saturated heterocycles. The van der Waals surface area contributed by atoms with Gasteiger partial charge in [-0.25, -0.2) is 0 Å². The summed E-state index contributed by atoms with van der Waals surface area (Å²) in [7, 11) is 0. The number of aryl methyl sites for hydroxylation is 1. The van der Waals surface area contributed by atoms with E-state index in [-0.39, 0.29) is 23.6 Å². The maximum Gasteiger partial charge on any atom is 0.290 e. The molecule has 2 aliphatic rings. The highest BCUT2D eigenvalue weighted by molar-refractivity contribution is 6.05. The van der Waals surface area contributed by atoms with E-state index in [9.17, 15) is 9.59 Å². The van der Waals surface area contributed by atoms with Crippen LogP contribution in [0.3, 0.4) is 0 Å². The molecule has 2 amide bonds. The van der Waals surface area contributed by atoms with Crippen LogP contribution in [0.25, 0.3) is 11.3 Å². The zero-order valence-corrected chi connectivity index (χ0v) is 20.5. The second-order valence-electron chi connectivity index (χ2n) is 9.40. The SMILES string of the molecule is Cc1ccc(NC(=O)c2cncc(N3CCCCC3)c2)cc1-c1cc(C(=O)NC2CCOCC2)on1. The van der Waals surface area contributed by atoms with Gasteiger partial charge >= 0.3 is 0 Å². The molecule has 0 unspecified atom stereocenters. The van der Waals surface area contributed by atoms with Crippen molar-refractivity contribution in [3.05, 3.63) is 59.6 Å². The molecule has 9 heteroatoms. The Balaban J connectivity index is 1.28. The second kappa shape index (κ2) is 10.9. The van der Waals surface area contributed by atoms with E-state index in [0.717, 1.165) is 55.6 Å². The zero-order valence-electron chi connectivity index (χ0n) is 20.5. The molecular weight excluding hydrogens is 458 g/mol. The van der Waals surface area contributed by atoms with E-state index in [1.807, 2.05) is 37.4 Å². The summed E-state index contributed by atoms with van der Waals surface area (Å²) in [6, 6.07) is 9.19. The van der Waals surface area contributed by atoms with Crippen molar-refractivity contribution in [2.24, 2.45) is 0 Å². The number of anilines is 2. The predicted molar refractivity (Wildman–Crippen MR) is 136 cm³/mol. The average molecular weight is 490 g/mol. The second-order valence-corrected chi connectivity index (χ2v) is 9.40. The number of nitrogens with one attached hydrogen (secondary N) is 2. The summed E-state index contributed by atoms with van der Waals surface area (Å²) in [6.45, 7) is 5.21. The molecule has 3 aromatic rings. The molecule has 36 heavy (non-hydrogen) atoms. The third-order valence-electron chi connectivity index (χ3n) is 6.77. The number of carbonyl (C=O) groups excluding carboxylic acids is 2. The molecule has 4 heterocycles. The fourth-order valence-corrected chi connectivity index (χ4v) is 4.66.